The van der Waals surface area contributed by atoms with Gasteiger partial charge in [0.2, 0.25) is 0 Å². The Morgan fingerprint density at radius 1 is 1.42 bits per heavy atom. The third kappa shape index (κ3) is 2.99. The maximum Gasteiger partial charge on any atom is 0.186 e. The molecule has 0 N–H and O–H groups in total. The van der Waals surface area contributed by atoms with Gasteiger partial charge in [0.15, 0.2) is 17.4 Å². The molecule has 1 aromatic carbocycles. The lowest BCUT2D eigenvalue weighted by Crippen LogP contribution is -2.00. The van der Waals surface area contributed by atoms with Gasteiger partial charge in [0, 0.05) is 6.92 Å². The molecular formula is C14H14N4O. The number of nitrogens with zero attached hydrogens (tertiary/aromatic N) is 4. The minimum atomic E-state index is 0.298. The molecule has 96 valence electrons. The van der Waals surface area contributed by atoms with Crippen molar-refractivity contribution in [3.8, 4) is 6.07 Å². The number of aromatic nitrogens is 2. The number of methoxy groups -OCH3 is 1. The molecule has 19 heavy (non-hydrogen) atoms. The van der Waals surface area contributed by atoms with Crippen molar-refractivity contribution in [1.29, 1.82) is 5.26 Å². The maximum atomic E-state index is 9.05. The molecule has 0 aliphatic rings. The number of imidazole rings is 1. The highest BCUT2D eigenvalue weighted by Crippen LogP contribution is 2.19. The molecule has 5 heteroatoms. The Balaban J connectivity index is 2.37. The average Bonchev–Trinajstić information content (AvgIpc) is 2.82. The van der Waals surface area contributed by atoms with E-state index in [1.54, 1.807) is 20.4 Å². The molecule has 2 aromatic rings. The predicted octanol–water partition coefficient (Wildman–Crippen LogP) is 2.50. The number of rotatable bonds is 3. The minimum absolute atomic E-state index is 0.298. The molecule has 0 unspecified atom stereocenters. The molecular weight excluding hydrogens is 240 g/mol. The standard InChI is InChI=1S/C14H14N4O/c1-11(19-2)17-14-13(8-15)16-10-18(14)9-12-6-4-3-5-7-12/h3-7,10H,9H2,1-2H3. The molecule has 5 nitrogen and oxygen atoms in total. The Hall–Kier alpha value is -2.61. The number of hydrogen-bond acceptors (Lipinski definition) is 4. The van der Waals surface area contributed by atoms with Crippen molar-refractivity contribution in [2.45, 2.75) is 13.5 Å². The fourth-order valence-electron chi connectivity index (χ4n) is 1.66. The Labute approximate surface area is 111 Å². The van der Waals surface area contributed by atoms with Gasteiger partial charge in [-0.15, -0.1) is 0 Å². The van der Waals surface area contributed by atoms with Crippen molar-refractivity contribution >= 4 is 11.7 Å². The summed E-state index contributed by atoms with van der Waals surface area (Å²) < 4.78 is 6.86. The summed E-state index contributed by atoms with van der Waals surface area (Å²) in [4.78, 5) is 8.33. The van der Waals surface area contributed by atoms with Crippen molar-refractivity contribution in [3.63, 3.8) is 0 Å². The van der Waals surface area contributed by atoms with Crippen LogP contribution in [0.4, 0.5) is 5.82 Å². The fraction of sp³-hybridized carbons (Fsp3) is 0.214. The summed E-state index contributed by atoms with van der Waals surface area (Å²) in [6, 6.07) is 12.0. The van der Waals surface area contributed by atoms with Crippen LogP contribution in [-0.2, 0) is 11.3 Å². The molecule has 0 aliphatic carbocycles. The van der Waals surface area contributed by atoms with E-state index in [-0.39, 0.29) is 0 Å². The quantitative estimate of drug-likeness (QED) is 0.624. The first-order valence-corrected chi connectivity index (χ1v) is 5.83. The van der Waals surface area contributed by atoms with E-state index in [1.807, 2.05) is 41.0 Å². The largest absolute Gasteiger partial charge is 0.484 e. The molecule has 0 aliphatic heterocycles. The second-order valence-electron chi connectivity index (χ2n) is 3.98. The van der Waals surface area contributed by atoms with Gasteiger partial charge in [0.1, 0.15) is 6.07 Å². The van der Waals surface area contributed by atoms with E-state index in [2.05, 4.69) is 9.98 Å². The molecule has 2 rings (SSSR count). The first-order chi connectivity index (χ1) is 9.24. The first-order valence-electron chi connectivity index (χ1n) is 5.83. The Morgan fingerprint density at radius 2 is 2.16 bits per heavy atom. The molecule has 1 heterocycles. The van der Waals surface area contributed by atoms with Crippen molar-refractivity contribution in [1.82, 2.24) is 9.55 Å². The van der Waals surface area contributed by atoms with Crippen LogP contribution in [0.5, 0.6) is 0 Å². The first kappa shape index (κ1) is 12.8. The average molecular weight is 254 g/mol. The zero-order chi connectivity index (χ0) is 13.7. The van der Waals surface area contributed by atoms with E-state index in [0.717, 1.165) is 5.56 Å². The molecule has 0 spiro atoms. The highest BCUT2D eigenvalue weighted by atomic mass is 16.5. The predicted molar refractivity (Wildman–Crippen MR) is 72.3 cm³/mol. The van der Waals surface area contributed by atoms with Crippen LogP contribution in [-0.4, -0.2) is 22.6 Å². The van der Waals surface area contributed by atoms with E-state index in [9.17, 15) is 0 Å². The fourth-order valence-corrected chi connectivity index (χ4v) is 1.66. The van der Waals surface area contributed by atoms with Gasteiger partial charge in [-0.3, -0.25) is 0 Å². The van der Waals surface area contributed by atoms with Crippen LogP contribution in [0.1, 0.15) is 18.2 Å². The second-order valence-corrected chi connectivity index (χ2v) is 3.98. The van der Waals surface area contributed by atoms with Crippen LogP contribution >= 0.6 is 0 Å². The van der Waals surface area contributed by atoms with Crippen LogP contribution in [0.2, 0.25) is 0 Å². The van der Waals surface area contributed by atoms with Gasteiger partial charge in [0.05, 0.1) is 20.0 Å². The van der Waals surface area contributed by atoms with E-state index in [0.29, 0.717) is 24.0 Å². The second kappa shape index (κ2) is 5.83. The Kier molecular flexibility index (Phi) is 3.94. The summed E-state index contributed by atoms with van der Waals surface area (Å²) in [6.07, 6.45) is 1.62. The topological polar surface area (TPSA) is 63.2 Å². The van der Waals surface area contributed by atoms with Crippen molar-refractivity contribution in [2.75, 3.05) is 7.11 Å². The third-order valence-electron chi connectivity index (χ3n) is 2.67. The molecule has 0 radical (unpaired) electrons. The van der Waals surface area contributed by atoms with Gasteiger partial charge in [-0.2, -0.15) is 10.3 Å². The van der Waals surface area contributed by atoms with Crippen LogP contribution in [0.3, 0.4) is 0 Å². The minimum Gasteiger partial charge on any atom is -0.484 e. The van der Waals surface area contributed by atoms with Gasteiger partial charge in [-0.1, -0.05) is 30.3 Å². The van der Waals surface area contributed by atoms with Crippen LogP contribution in [0.15, 0.2) is 41.7 Å². The molecule has 0 bridgehead atoms. The third-order valence-corrected chi connectivity index (χ3v) is 2.67. The zero-order valence-electron chi connectivity index (χ0n) is 10.9. The van der Waals surface area contributed by atoms with Gasteiger partial charge in [-0.05, 0) is 5.56 Å². The Morgan fingerprint density at radius 3 is 2.79 bits per heavy atom. The smallest absolute Gasteiger partial charge is 0.186 e. The van der Waals surface area contributed by atoms with Crippen LogP contribution in [0, 0.1) is 11.3 Å². The summed E-state index contributed by atoms with van der Waals surface area (Å²) in [5, 5.41) is 9.05. The van der Waals surface area contributed by atoms with Gasteiger partial charge < -0.3 is 9.30 Å². The summed E-state index contributed by atoms with van der Waals surface area (Å²) >= 11 is 0. The maximum absolute atomic E-state index is 9.05. The monoisotopic (exact) mass is 254 g/mol. The molecule has 0 saturated heterocycles. The Bertz CT molecular complexity index is 623. The van der Waals surface area contributed by atoms with Gasteiger partial charge >= 0.3 is 0 Å². The number of benzene rings is 1. The molecule has 0 atom stereocenters. The van der Waals surface area contributed by atoms with E-state index < -0.39 is 0 Å². The number of aliphatic imine (C=N–C) groups is 1. The van der Waals surface area contributed by atoms with Crippen molar-refractivity contribution in [2.24, 2.45) is 4.99 Å². The van der Waals surface area contributed by atoms with Crippen molar-refractivity contribution < 1.29 is 4.74 Å². The molecule has 1 aromatic heterocycles. The number of ether oxygens (including phenoxy) is 1. The highest BCUT2D eigenvalue weighted by Gasteiger charge is 2.10. The van der Waals surface area contributed by atoms with E-state index >= 15 is 0 Å². The summed E-state index contributed by atoms with van der Waals surface area (Å²) in [5.74, 6) is 1.01. The molecule has 0 saturated carbocycles. The van der Waals surface area contributed by atoms with Crippen LogP contribution < -0.4 is 0 Å². The van der Waals surface area contributed by atoms with Crippen LogP contribution in [0.25, 0.3) is 0 Å². The zero-order valence-corrected chi connectivity index (χ0v) is 10.9. The van der Waals surface area contributed by atoms with E-state index in [1.165, 1.54) is 0 Å². The summed E-state index contributed by atoms with van der Waals surface area (Å²) in [7, 11) is 1.54. The highest BCUT2D eigenvalue weighted by molar-refractivity contribution is 5.76. The molecule has 0 amide bonds. The van der Waals surface area contributed by atoms with E-state index in [4.69, 9.17) is 10.00 Å². The van der Waals surface area contributed by atoms with Gasteiger partial charge in [0.25, 0.3) is 0 Å². The summed E-state index contributed by atoms with van der Waals surface area (Å²) in [5.41, 5.74) is 1.42. The number of hydrogen-bond donors (Lipinski definition) is 0. The number of nitriles is 1. The normalized spacial score (nSPS) is 11.1. The lowest BCUT2D eigenvalue weighted by Gasteiger charge is -2.06. The summed E-state index contributed by atoms with van der Waals surface area (Å²) in [6.45, 7) is 2.35. The van der Waals surface area contributed by atoms with Crippen molar-refractivity contribution in [3.05, 3.63) is 47.9 Å². The van der Waals surface area contributed by atoms with Gasteiger partial charge in [-0.25, -0.2) is 4.98 Å². The lowest BCUT2D eigenvalue weighted by atomic mass is 10.2. The SMILES string of the molecule is COC(C)=Nc1c(C#N)ncn1Cc1ccccc1. The lowest BCUT2D eigenvalue weighted by molar-refractivity contribution is 0.400. The molecule has 0 fully saturated rings.